The van der Waals surface area contributed by atoms with Crippen molar-refractivity contribution in [1.82, 2.24) is 15.3 Å². The summed E-state index contributed by atoms with van der Waals surface area (Å²) in [6.07, 6.45) is 2.78. The third-order valence-corrected chi connectivity index (χ3v) is 6.06. The number of rotatable bonds is 5. The predicted octanol–water partition coefficient (Wildman–Crippen LogP) is 0.111. The molecule has 0 aromatic rings. The van der Waals surface area contributed by atoms with Crippen molar-refractivity contribution in [1.29, 1.82) is 0 Å². The van der Waals surface area contributed by atoms with Gasteiger partial charge in [0.05, 0.1) is 11.5 Å². The number of fused-ring (bicyclic) bond motifs is 1. The van der Waals surface area contributed by atoms with Gasteiger partial charge in [0.2, 0.25) is 11.8 Å². The Labute approximate surface area is 133 Å². The molecule has 22 heavy (non-hydrogen) atoms. The molecule has 0 saturated carbocycles. The summed E-state index contributed by atoms with van der Waals surface area (Å²) >= 11 is 1.65. The van der Waals surface area contributed by atoms with E-state index in [0.717, 1.165) is 19.4 Å². The van der Waals surface area contributed by atoms with Gasteiger partial charge in [0.1, 0.15) is 6.04 Å². The summed E-state index contributed by atoms with van der Waals surface area (Å²) < 4.78 is 0. The van der Waals surface area contributed by atoms with Crippen molar-refractivity contribution in [3.8, 4) is 0 Å². The molecule has 0 unspecified atom stereocenters. The third-order valence-electron chi connectivity index (χ3n) is 4.55. The quantitative estimate of drug-likeness (QED) is 0.573. The highest BCUT2D eigenvalue weighted by Crippen LogP contribution is 2.47. The van der Waals surface area contributed by atoms with Gasteiger partial charge >= 0.3 is 0 Å². The topological polar surface area (TPSA) is 79.0 Å². The molecule has 3 fully saturated rings. The number of carbonyl (C=O) groups is 3. The van der Waals surface area contributed by atoms with Gasteiger partial charge in [-0.05, 0) is 19.8 Å². The fraction of sp³-hybridized carbons (Fsp3) is 0.786. The van der Waals surface area contributed by atoms with Crippen LogP contribution in [0.1, 0.15) is 32.6 Å². The molecule has 0 aliphatic carbocycles. The zero-order chi connectivity index (χ0) is 15.7. The first kappa shape index (κ1) is 15.6. The molecule has 3 aliphatic rings. The number of hydroxylamine groups is 1. The van der Waals surface area contributed by atoms with Crippen LogP contribution in [0.2, 0.25) is 0 Å². The molecular weight excluding hydrogens is 306 g/mol. The molecule has 122 valence electrons. The van der Waals surface area contributed by atoms with E-state index in [0.29, 0.717) is 25.1 Å². The summed E-state index contributed by atoms with van der Waals surface area (Å²) in [5, 5.41) is 0. The first-order valence-electron chi connectivity index (χ1n) is 7.67. The molecule has 3 aliphatic heterocycles. The van der Waals surface area contributed by atoms with Crippen molar-refractivity contribution in [2.24, 2.45) is 0 Å². The lowest BCUT2D eigenvalue weighted by Crippen LogP contribution is -2.50. The monoisotopic (exact) mass is 327 g/mol. The molecule has 8 heteroatoms. The number of hydrogen-bond acceptors (Lipinski definition) is 5. The number of thioether (sulfide) groups is 1. The van der Waals surface area contributed by atoms with E-state index in [1.807, 2.05) is 6.92 Å². The van der Waals surface area contributed by atoms with Gasteiger partial charge in [-0.25, -0.2) is 5.48 Å². The molecule has 0 bridgehead atoms. The molecule has 3 rings (SSSR count). The van der Waals surface area contributed by atoms with Crippen LogP contribution in [0.15, 0.2) is 0 Å². The van der Waals surface area contributed by atoms with Crippen LogP contribution in [0, 0.1) is 0 Å². The highest BCUT2D eigenvalue weighted by atomic mass is 32.2. The first-order valence-corrected chi connectivity index (χ1v) is 8.65. The molecule has 0 aromatic carbocycles. The molecule has 2 atom stereocenters. The van der Waals surface area contributed by atoms with E-state index in [4.69, 9.17) is 4.84 Å². The number of amides is 3. The van der Waals surface area contributed by atoms with Crippen molar-refractivity contribution in [3.63, 3.8) is 0 Å². The van der Waals surface area contributed by atoms with Crippen molar-refractivity contribution >= 4 is 29.5 Å². The lowest BCUT2D eigenvalue weighted by molar-refractivity contribution is -0.145. The standard InChI is InChI=1S/C14H21N3O4S/c1-14-5-4-12(19)17(14)10(9-22-14)13(20)15-21-8-7-16-6-2-3-11(16)18/h10H,2-9H2,1H3,(H,15,20)/t10-,14-/m0/s1. The Bertz CT molecular complexity index is 500. The van der Waals surface area contributed by atoms with E-state index in [-0.39, 0.29) is 29.2 Å². The largest absolute Gasteiger partial charge is 0.340 e. The second-order valence-electron chi connectivity index (χ2n) is 6.06. The molecule has 0 aromatic heterocycles. The summed E-state index contributed by atoms with van der Waals surface area (Å²) in [4.78, 5) is 44.0. The van der Waals surface area contributed by atoms with E-state index in [2.05, 4.69) is 5.48 Å². The Kier molecular flexibility index (Phi) is 4.31. The zero-order valence-corrected chi connectivity index (χ0v) is 13.5. The minimum absolute atomic E-state index is 0.0373. The molecule has 0 spiro atoms. The molecular formula is C14H21N3O4S. The minimum Gasteiger partial charge on any atom is -0.340 e. The van der Waals surface area contributed by atoms with Crippen molar-refractivity contribution < 1.29 is 19.2 Å². The van der Waals surface area contributed by atoms with Crippen LogP contribution < -0.4 is 5.48 Å². The third kappa shape index (κ3) is 2.81. The second-order valence-corrected chi connectivity index (χ2v) is 7.57. The lowest BCUT2D eigenvalue weighted by Gasteiger charge is -2.29. The average molecular weight is 327 g/mol. The molecule has 3 saturated heterocycles. The maximum Gasteiger partial charge on any atom is 0.267 e. The SMILES string of the molecule is C[C@]12CCC(=O)N1[C@H](C(=O)NOCCN1CCCC1=O)CS2. The van der Waals surface area contributed by atoms with Gasteiger partial charge in [-0.2, -0.15) is 0 Å². The molecule has 3 heterocycles. The first-order chi connectivity index (χ1) is 10.5. The highest BCUT2D eigenvalue weighted by Gasteiger charge is 2.52. The Morgan fingerprint density at radius 3 is 2.95 bits per heavy atom. The number of nitrogens with zero attached hydrogens (tertiary/aromatic N) is 2. The Balaban J connectivity index is 1.44. The predicted molar refractivity (Wildman–Crippen MR) is 80.6 cm³/mol. The van der Waals surface area contributed by atoms with Crippen LogP contribution in [0.4, 0.5) is 0 Å². The van der Waals surface area contributed by atoms with Crippen LogP contribution in [-0.2, 0) is 19.2 Å². The maximum atomic E-state index is 12.2. The van der Waals surface area contributed by atoms with Gasteiger partial charge in [-0.1, -0.05) is 0 Å². The summed E-state index contributed by atoms with van der Waals surface area (Å²) in [5.41, 5.74) is 2.43. The summed E-state index contributed by atoms with van der Waals surface area (Å²) in [7, 11) is 0. The number of hydrogen-bond donors (Lipinski definition) is 1. The van der Waals surface area contributed by atoms with Crippen molar-refractivity contribution in [2.45, 2.75) is 43.5 Å². The summed E-state index contributed by atoms with van der Waals surface area (Å²) in [5.74, 6) is 0.497. The second kappa shape index (κ2) is 6.08. The van der Waals surface area contributed by atoms with Crippen LogP contribution in [0.3, 0.4) is 0 Å². The Morgan fingerprint density at radius 2 is 2.23 bits per heavy atom. The Hall–Kier alpha value is -1.28. The molecule has 3 amide bonds. The fourth-order valence-corrected chi connectivity index (χ4v) is 4.73. The van der Waals surface area contributed by atoms with Crippen LogP contribution >= 0.6 is 11.8 Å². The number of nitrogens with one attached hydrogen (secondary N) is 1. The van der Waals surface area contributed by atoms with Crippen molar-refractivity contribution in [3.05, 3.63) is 0 Å². The van der Waals surface area contributed by atoms with E-state index in [1.54, 1.807) is 21.6 Å². The average Bonchev–Trinajstić information content (AvgIpc) is 3.12. The van der Waals surface area contributed by atoms with E-state index in [1.165, 1.54) is 0 Å². The number of carbonyl (C=O) groups excluding carboxylic acids is 3. The van der Waals surface area contributed by atoms with Gasteiger partial charge < -0.3 is 9.80 Å². The van der Waals surface area contributed by atoms with Crippen LogP contribution in [0.25, 0.3) is 0 Å². The highest BCUT2D eigenvalue weighted by molar-refractivity contribution is 8.01. The summed E-state index contributed by atoms with van der Waals surface area (Å²) in [6, 6.07) is -0.460. The minimum atomic E-state index is -0.460. The smallest absolute Gasteiger partial charge is 0.267 e. The molecule has 1 N–H and O–H groups in total. The van der Waals surface area contributed by atoms with Gasteiger partial charge in [-0.15, -0.1) is 11.8 Å². The zero-order valence-electron chi connectivity index (χ0n) is 12.7. The van der Waals surface area contributed by atoms with E-state index < -0.39 is 6.04 Å². The van der Waals surface area contributed by atoms with Crippen LogP contribution in [0.5, 0.6) is 0 Å². The Morgan fingerprint density at radius 1 is 1.41 bits per heavy atom. The van der Waals surface area contributed by atoms with E-state index in [9.17, 15) is 14.4 Å². The van der Waals surface area contributed by atoms with Crippen LogP contribution in [-0.4, -0.2) is 63.9 Å². The fourth-order valence-electron chi connectivity index (χ4n) is 3.30. The molecule has 7 nitrogen and oxygen atoms in total. The molecule has 0 radical (unpaired) electrons. The van der Waals surface area contributed by atoms with Crippen molar-refractivity contribution in [2.75, 3.05) is 25.4 Å². The normalized spacial score (nSPS) is 31.0. The summed E-state index contributed by atoms with van der Waals surface area (Å²) in [6.45, 7) is 3.52. The lowest BCUT2D eigenvalue weighted by atomic mass is 10.2. The van der Waals surface area contributed by atoms with Gasteiger partial charge in [-0.3, -0.25) is 19.2 Å². The van der Waals surface area contributed by atoms with Gasteiger partial charge in [0.25, 0.3) is 5.91 Å². The maximum absolute atomic E-state index is 12.2. The number of likely N-dealkylation sites (tertiary alicyclic amines) is 1. The van der Waals surface area contributed by atoms with Gasteiger partial charge in [0.15, 0.2) is 0 Å². The van der Waals surface area contributed by atoms with Gasteiger partial charge in [0, 0.05) is 31.7 Å². The van der Waals surface area contributed by atoms with E-state index >= 15 is 0 Å².